The van der Waals surface area contributed by atoms with E-state index in [9.17, 15) is 5.11 Å². The van der Waals surface area contributed by atoms with Crippen molar-refractivity contribution in [2.75, 3.05) is 0 Å². The minimum absolute atomic E-state index is 0.0618. The minimum atomic E-state index is 0.0618. The van der Waals surface area contributed by atoms with Gasteiger partial charge in [-0.25, -0.2) is 0 Å². The highest BCUT2D eigenvalue weighted by molar-refractivity contribution is 5.36. The van der Waals surface area contributed by atoms with Gasteiger partial charge in [0.15, 0.2) is 0 Å². The maximum Gasteiger partial charge on any atom is 0.0681 e. The average molecular weight is 471 g/mol. The lowest BCUT2D eigenvalue weighted by atomic mass is 9.63. The maximum absolute atomic E-state index is 9.79. The first kappa shape index (κ1) is 27.2. The number of hydrogen-bond donors (Lipinski definition) is 1. The van der Waals surface area contributed by atoms with Gasteiger partial charge in [-0.3, -0.25) is 0 Å². The Balaban J connectivity index is 2.04. The molecule has 0 saturated carbocycles. The molecule has 3 aromatic rings. The molecule has 0 aliphatic carbocycles. The fourth-order valence-electron chi connectivity index (χ4n) is 5.36. The molecule has 0 spiro atoms. The number of aliphatic hydroxyl groups excluding tert-OH is 1. The van der Waals surface area contributed by atoms with Gasteiger partial charge < -0.3 is 5.11 Å². The molecular formula is C34H46O. The smallest absolute Gasteiger partial charge is 0.0681 e. The van der Waals surface area contributed by atoms with E-state index in [4.69, 9.17) is 0 Å². The summed E-state index contributed by atoms with van der Waals surface area (Å²) in [5.74, 6) is 0.706. The van der Waals surface area contributed by atoms with Crippen molar-refractivity contribution in [3.05, 3.63) is 107 Å². The van der Waals surface area contributed by atoms with E-state index in [1.165, 1.54) is 22.3 Å². The second-order valence-electron chi connectivity index (χ2n) is 13.2. The number of hydrogen-bond acceptors (Lipinski definition) is 1. The lowest BCUT2D eigenvalue weighted by molar-refractivity contribution is 0.190. The highest BCUT2D eigenvalue weighted by atomic mass is 16.3. The molecule has 1 N–H and O–H groups in total. The fourth-order valence-corrected chi connectivity index (χ4v) is 5.36. The van der Waals surface area contributed by atoms with Gasteiger partial charge in [0.2, 0.25) is 0 Å². The third-order valence-corrected chi connectivity index (χ3v) is 7.41. The summed E-state index contributed by atoms with van der Waals surface area (Å²) in [5.41, 5.74) is 6.87. The van der Waals surface area contributed by atoms with E-state index in [0.717, 1.165) is 18.4 Å². The zero-order valence-electron chi connectivity index (χ0n) is 23.2. The van der Waals surface area contributed by atoms with E-state index in [-0.39, 0.29) is 28.8 Å². The molecule has 2 unspecified atom stereocenters. The molecule has 3 rings (SSSR count). The number of rotatable bonds is 8. The summed E-state index contributed by atoms with van der Waals surface area (Å²) in [6.45, 7) is 18.9. The molecule has 1 heteroatoms. The highest BCUT2D eigenvalue weighted by Crippen LogP contribution is 2.49. The quantitative estimate of drug-likeness (QED) is 0.348. The molecule has 0 aliphatic rings. The van der Waals surface area contributed by atoms with Crippen LogP contribution < -0.4 is 0 Å². The SMILES string of the molecule is CC(C)(C)CC(c1ccc(C(C)(C)C)cc1)C(C)(C)CC(c1ccccc1)c1cccc(CO)c1. The topological polar surface area (TPSA) is 20.2 Å². The monoisotopic (exact) mass is 470 g/mol. The first-order valence-corrected chi connectivity index (χ1v) is 13.2. The molecule has 0 radical (unpaired) electrons. The molecule has 3 aromatic carbocycles. The average Bonchev–Trinajstić information content (AvgIpc) is 2.80. The van der Waals surface area contributed by atoms with Crippen LogP contribution in [0.1, 0.15) is 108 Å². The fraction of sp³-hybridized carbons (Fsp3) is 0.471. The van der Waals surface area contributed by atoms with Crippen molar-refractivity contribution in [3.63, 3.8) is 0 Å². The van der Waals surface area contributed by atoms with Crippen molar-refractivity contribution in [1.82, 2.24) is 0 Å². The summed E-state index contributed by atoms with van der Waals surface area (Å²) in [4.78, 5) is 0. The van der Waals surface area contributed by atoms with E-state index in [2.05, 4.69) is 128 Å². The number of benzene rings is 3. The maximum atomic E-state index is 9.79. The lowest BCUT2D eigenvalue weighted by Crippen LogP contribution is -2.29. The van der Waals surface area contributed by atoms with E-state index < -0.39 is 0 Å². The van der Waals surface area contributed by atoms with Crippen LogP contribution in [0, 0.1) is 10.8 Å². The standard InChI is InChI=1S/C34H46O/c1-32(2,3)23-31(27-17-19-29(20-18-27)33(4,5)6)34(7,8)22-30(26-14-10-9-11-15-26)28-16-12-13-25(21-28)24-35/h9-21,30-31,35H,22-24H2,1-8H3. The summed E-state index contributed by atoms with van der Waals surface area (Å²) < 4.78 is 0. The molecular weight excluding hydrogens is 424 g/mol. The first-order chi connectivity index (χ1) is 16.3. The summed E-state index contributed by atoms with van der Waals surface area (Å²) in [5, 5.41) is 9.79. The molecule has 0 aliphatic heterocycles. The minimum Gasteiger partial charge on any atom is -0.392 e. The second kappa shape index (κ2) is 10.7. The number of aliphatic hydroxyl groups is 1. The Labute approximate surface area is 214 Å². The van der Waals surface area contributed by atoms with Crippen molar-refractivity contribution in [2.45, 2.75) is 92.1 Å². The van der Waals surface area contributed by atoms with E-state index >= 15 is 0 Å². The van der Waals surface area contributed by atoms with Gasteiger partial charge in [0.05, 0.1) is 6.61 Å². The van der Waals surface area contributed by atoms with Crippen LogP contribution in [0.5, 0.6) is 0 Å². The lowest BCUT2D eigenvalue weighted by Gasteiger charge is -2.41. The normalized spacial score (nSPS) is 14.5. The Hall–Kier alpha value is -2.38. The van der Waals surface area contributed by atoms with Gasteiger partial charge in [-0.05, 0) is 62.8 Å². The third-order valence-electron chi connectivity index (χ3n) is 7.41. The third kappa shape index (κ3) is 7.31. The van der Waals surface area contributed by atoms with Crippen molar-refractivity contribution < 1.29 is 5.11 Å². The predicted octanol–water partition coefficient (Wildman–Crippen LogP) is 9.24. The van der Waals surface area contributed by atoms with E-state index in [0.29, 0.717) is 5.92 Å². The summed E-state index contributed by atoms with van der Waals surface area (Å²) in [7, 11) is 0. The van der Waals surface area contributed by atoms with Crippen LogP contribution in [-0.2, 0) is 12.0 Å². The Morgan fingerprint density at radius 3 is 1.77 bits per heavy atom. The Kier molecular flexibility index (Phi) is 8.32. The van der Waals surface area contributed by atoms with Crippen molar-refractivity contribution in [1.29, 1.82) is 0 Å². The van der Waals surface area contributed by atoms with E-state index in [1.807, 2.05) is 6.07 Å². The zero-order valence-corrected chi connectivity index (χ0v) is 23.2. The van der Waals surface area contributed by atoms with Gasteiger partial charge >= 0.3 is 0 Å². The van der Waals surface area contributed by atoms with Crippen molar-refractivity contribution in [3.8, 4) is 0 Å². The zero-order chi connectivity index (χ0) is 25.9. The molecule has 0 saturated heterocycles. The largest absolute Gasteiger partial charge is 0.392 e. The summed E-state index contributed by atoms with van der Waals surface area (Å²) >= 11 is 0. The molecule has 0 fully saturated rings. The summed E-state index contributed by atoms with van der Waals surface area (Å²) in [6, 6.07) is 28.8. The molecule has 1 nitrogen and oxygen atoms in total. The molecule has 188 valence electrons. The van der Waals surface area contributed by atoms with Crippen molar-refractivity contribution >= 4 is 0 Å². The summed E-state index contributed by atoms with van der Waals surface area (Å²) in [6.07, 6.45) is 2.17. The molecule has 0 bridgehead atoms. The van der Waals surface area contributed by atoms with Gasteiger partial charge in [-0.15, -0.1) is 0 Å². The van der Waals surface area contributed by atoms with Crippen LogP contribution in [0.15, 0.2) is 78.9 Å². The van der Waals surface area contributed by atoms with Gasteiger partial charge in [-0.1, -0.05) is 134 Å². The van der Waals surface area contributed by atoms with E-state index in [1.54, 1.807) is 0 Å². The van der Waals surface area contributed by atoms with Crippen LogP contribution in [-0.4, -0.2) is 5.11 Å². The Morgan fingerprint density at radius 1 is 0.629 bits per heavy atom. The van der Waals surface area contributed by atoms with Gasteiger partial charge in [-0.2, -0.15) is 0 Å². The van der Waals surface area contributed by atoms with Crippen LogP contribution in [0.4, 0.5) is 0 Å². The predicted molar refractivity (Wildman–Crippen MR) is 151 cm³/mol. The first-order valence-electron chi connectivity index (χ1n) is 13.2. The van der Waals surface area contributed by atoms with Gasteiger partial charge in [0.25, 0.3) is 0 Å². The molecule has 2 atom stereocenters. The van der Waals surface area contributed by atoms with Crippen LogP contribution in [0.2, 0.25) is 0 Å². The van der Waals surface area contributed by atoms with Crippen LogP contribution in [0.25, 0.3) is 0 Å². The van der Waals surface area contributed by atoms with Gasteiger partial charge in [0.1, 0.15) is 0 Å². The molecule has 0 heterocycles. The van der Waals surface area contributed by atoms with Crippen LogP contribution >= 0.6 is 0 Å². The Bertz CT molecular complexity index is 1060. The second-order valence-corrected chi connectivity index (χ2v) is 13.2. The molecule has 35 heavy (non-hydrogen) atoms. The Morgan fingerprint density at radius 2 is 1.23 bits per heavy atom. The van der Waals surface area contributed by atoms with Crippen molar-refractivity contribution in [2.24, 2.45) is 10.8 Å². The highest BCUT2D eigenvalue weighted by Gasteiger charge is 2.36. The molecule has 0 amide bonds. The van der Waals surface area contributed by atoms with Gasteiger partial charge in [0, 0.05) is 5.92 Å². The van der Waals surface area contributed by atoms with Crippen LogP contribution in [0.3, 0.4) is 0 Å². The molecule has 0 aromatic heterocycles.